The first-order chi connectivity index (χ1) is 11.0. The van der Waals surface area contributed by atoms with Crippen LogP contribution in [-0.2, 0) is 0 Å². The number of rotatable bonds is 4. The molecular formula is C18H15ClFNO2. The summed E-state index contributed by atoms with van der Waals surface area (Å²) in [5.41, 5.74) is 2.32. The highest BCUT2D eigenvalue weighted by atomic mass is 35.5. The number of hydrogen-bond donors (Lipinski definition) is 1. The zero-order valence-corrected chi connectivity index (χ0v) is 13.4. The molecule has 1 atom stereocenters. The van der Waals surface area contributed by atoms with Crippen LogP contribution < -0.4 is 4.74 Å². The molecular weight excluding hydrogens is 317 g/mol. The Kier molecular flexibility index (Phi) is 4.09. The average Bonchev–Trinajstić information content (AvgIpc) is 2.86. The molecule has 0 saturated heterocycles. The van der Waals surface area contributed by atoms with Crippen LogP contribution in [0.25, 0.3) is 10.9 Å². The van der Waals surface area contributed by atoms with E-state index in [1.54, 1.807) is 6.92 Å². The number of aromatic nitrogens is 1. The van der Waals surface area contributed by atoms with Gasteiger partial charge in [0.1, 0.15) is 11.6 Å². The predicted molar refractivity (Wildman–Crippen MR) is 88.9 cm³/mol. The van der Waals surface area contributed by atoms with Gasteiger partial charge < -0.3 is 9.72 Å². The highest BCUT2D eigenvalue weighted by Gasteiger charge is 2.23. The molecule has 5 heteroatoms. The van der Waals surface area contributed by atoms with Gasteiger partial charge in [-0.25, -0.2) is 4.39 Å². The van der Waals surface area contributed by atoms with Gasteiger partial charge in [0.05, 0.1) is 5.02 Å². The number of halogens is 2. The average molecular weight is 332 g/mol. The maximum atomic E-state index is 13.2. The first-order valence-corrected chi connectivity index (χ1v) is 7.58. The molecule has 1 aromatic heterocycles. The van der Waals surface area contributed by atoms with Gasteiger partial charge in [-0.05, 0) is 32.0 Å². The molecule has 0 bridgehead atoms. The lowest BCUT2D eigenvalue weighted by molar-refractivity contribution is 0.0819. The Bertz CT molecular complexity index is 888. The minimum atomic E-state index is -0.713. The summed E-state index contributed by atoms with van der Waals surface area (Å²) in [6, 6.07) is 11.6. The fraction of sp³-hybridized carbons (Fsp3) is 0.167. The van der Waals surface area contributed by atoms with Gasteiger partial charge in [0.25, 0.3) is 0 Å². The Morgan fingerprint density at radius 1 is 1.26 bits per heavy atom. The number of hydrogen-bond acceptors (Lipinski definition) is 2. The van der Waals surface area contributed by atoms with Crippen LogP contribution in [-0.4, -0.2) is 16.9 Å². The summed E-state index contributed by atoms with van der Waals surface area (Å²) in [7, 11) is 0. The monoisotopic (exact) mass is 331 g/mol. The fourth-order valence-corrected chi connectivity index (χ4v) is 2.78. The normalized spacial score (nSPS) is 12.3. The van der Waals surface area contributed by atoms with Crippen molar-refractivity contribution in [1.29, 1.82) is 0 Å². The molecule has 1 heterocycles. The quantitative estimate of drug-likeness (QED) is 0.689. The van der Waals surface area contributed by atoms with E-state index in [2.05, 4.69) is 4.98 Å². The summed E-state index contributed by atoms with van der Waals surface area (Å²) in [5.74, 6) is -0.305. The number of nitrogens with one attached hydrogen (secondary N) is 1. The van der Waals surface area contributed by atoms with Crippen molar-refractivity contribution >= 4 is 28.3 Å². The number of ether oxygens (including phenoxy) is 1. The Labute approximate surface area is 138 Å². The van der Waals surface area contributed by atoms with E-state index in [0.29, 0.717) is 11.3 Å². The molecule has 0 saturated carbocycles. The van der Waals surface area contributed by atoms with Crippen LogP contribution in [0.3, 0.4) is 0 Å². The van der Waals surface area contributed by atoms with Crippen molar-refractivity contribution in [2.75, 3.05) is 0 Å². The Balaban J connectivity index is 1.89. The van der Waals surface area contributed by atoms with E-state index < -0.39 is 11.9 Å². The summed E-state index contributed by atoms with van der Waals surface area (Å²) < 4.78 is 18.8. The molecule has 2 aromatic carbocycles. The minimum absolute atomic E-state index is 0.0366. The van der Waals surface area contributed by atoms with Crippen molar-refractivity contribution in [3.63, 3.8) is 0 Å². The number of para-hydroxylation sites is 1. The number of fused-ring (bicyclic) bond motifs is 1. The van der Waals surface area contributed by atoms with Gasteiger partial charge >= 0.3 is 0 Å². The van der Waals surface area contributed by atoms with Gasteiger partial charge in [0.2, 0.25) is 5.78 Å². The number of carbonyl (C=O) groups excluding carboxylic acids is 1. The fourth-order valence-electron chi connectivity index (χ4n) is 2.61. The molecule has 0 aliphatic heterocycles. The Morgan fingerprint density at radius 3 is 2.74 bits per heavy atom. The second-order valence-corrected chi connectivity index (χ2v) is 5.78. The van der Waals surface area contributed by atoms with Gasteiger partial charge in [-0.15, -0.1) is 0 Å². The molecule has 3 rings (SSSR count). The molecule has 0 spiro atoms. The lowest BCUT2D eigenvalue weighted by Gasteiger charge is -2.14. The number of H-pyrrole nitrogens is 1. The third-order valence-electron chi connectivity index (χ3n) is 3.71. The Hall–Kier alpha value is -2.33. The van der Waals surface area contributed by atoms with Crippen LogP contribution in [0.1, 0.15) is 23.0 Å². The van der Waals surface area contributed by atoms with Crippen molar-refractivity contribution in [3.05, 3.63) is 64.6 Å². The zero-order chi connectivity index (χ0) is 16.6. The first kappa shape index (κ1) is 15.6. The van der Waals surface area contributed by atoms with Gasteiger partial charge in [-0.1, -0.05) is 29.8 Å². The van der Waals surface area contributed by atoms with Crippen LogP contribution in [0, 0.1) is 12.7 Å². The molecule has 0 aliphatic rings. The van der Waals surface area contributed by atoms with Gasteiger partial charge in [-0.3, -0.25) is 4.79 Å². The second-order valence-electron chi connectivity index (χ2n) is 5.37. The largest absolute Gasteiger partial charge is 0.483 e. The maximum Gasteiger partial charge on any atom is 0.205 e. The first-order valence-electron chi connectivity index (χ1n) is 7.20. The summed E-state index contributed by atoms with van der Waals surface area (Å²) in [5, 5.41) is 0.827. The third-order valence-corrected chi connectivity index (χ3v) is 4.00. The van der Waals surface area contributed by atoms with Crippen LogP contribution in [0.2, 0.25) is 5.02 Å². The van der Waals surface area contributed by atoms with Crippen molar-refractivity contribution in [2.24, 2.45) is 0 Å². The molecule has 3 aromatic rings. The second kappa shape index (κ2) is 6.05. The van der Waals surface area contributed by atoms with Crippen molar-refractivity contribution < 1.29 is 13.9 Å². The Morgan fingerprint density at radius 2 is 2.00 bits per heavy atom. The molecule has 0 fully saturated rings. The van der Waals surface area contributed by atoms with Gasteiger partial charge in [0, 0.05) is 28.2 Å². The lowest BCUT2D eigenvalue weighted by atomic mass is 10.0. The smallest absolute Gasteiger partial charge is 0.205 e. The number of Topliss-reactive ketones (excluding diaryl/α,β-unsaturated/α-hetero) is 1. The van der Waals surface area contributed by atoms with E-state index in [9.17, 15) is 9.18 Å². The minimum Gasteiger partial charge on any atom is -0.483 e. The molecule has 1 N–H and O–H groups in total. The van der Waals surface area contributed by atoms with E-state index in [1.807, 2.05) is 31.2 Å². The summed E-state index contributed by atoms with van der Waals surface area (Å²) in [6.45, 7) is 3.52. The van der Waals surface area contributed by atoms with E-state index >= 15 is 0 Å². The molecule has 0 radical (unpaired) electrons. The summed E-state index contributed by atoms with van der Waals surface area (Å²) in [4.78, 5) is 15.9. The van der Waals surface area contributed by atoms with E-state index in [-0.39, 0.29) is 10.8 Å². The predicted octanol–water partition coefficient (Wildman–Crippen LogP) is 4.92. The maximum absolute atomic E-state index is 13.2. The lowest BCUT2D eigenvalue weighted by Crippen LogP contribution is -2.24. The zero-order valence-electron chi connectivity index (χ0n) is 12.7. The van der Waals surface area contributed by atoms with Gasteiger partial charge in [-0.2, -0.15) is 0 Å². The topological polar surface area (TPSA) is 42.1 Å². The van der Waals surface area contributed by atoms with Crippen LogP contribution >= 0.6 is 11.6 Å². The van der Waals surface area contributed by atoms with Crippen LogP contribution in [0.15, 0.2) is 42.5 Å². The van der Waals surface area contributed by atoms with Crippen LogP contribution in [0.4, 0.5) is 4.39 Å². The van der Waals surface area contributed by atoms with Crippen molar-refractivity contribution in [1.82, 2.24) is 4.98 Å². The molecule has 0 amide bonds. The molecule has 0 aliphatic carbocycles. The standard InChI is InChI=1S/C18H15ClFNO2/c1-10-17(13-5-3-4-6-16(13)21-10)18(22)11(2)23-12-7-8-15(20)14(19)9-12/h3-9,11,21H,1-2H3/t11-/m1/s1. The number of ketones is 1. The van der Waals surface area contributed by atoms with Crippen molar-refractivity contribution in [2.45, 2.75) is 20.0 Å². The van der Waals surface area contributed by atoms with E-state index in [1.165, 1.54) is 18.2 Å². The van der Waals surface area contributed by atoms with E-state index in [0.717, 1.165) is 16.6 Å². The highest BCUT2D eigenvalue weighted by Crippen LogP contribution is 2.26. The highest BCUT2D eigenvalue weighted by molar-refractivity contribution is 6.30. The number of aromatic amines is 1. The molecule has 3 nitrogen and oxygen atoms in total. The number of carbonyl (C=O) groups is 1. The van der Waals surface area contributed by atoms with E-state index in [4.69, 9.17) is 16.3 Å². The van der Waals surface area contributed by atoms with Crippen LogP contribution in [0.5, 0.6) is 5.75 Å². The number of aryl methyl sites for hydroxylation is 1. The number of benzene rings is 2. The molecule has 118 valence electrons. The SMILES string of the molecule is Cc1[nH]c2ccccc2c1C(=O)[C@@H](C)Oc1ccc(F)c(Cl)c1. The molecule has 23 heavy (non-hydrogen) atoms. The summed E-state index contributed by atoms with van der Waals surface area (Å²) >= 11 is 5.73. The molecule has 0 unspecified atom stereocenters. The third kappa shape index (κ3) is 2.94. The van der Waals surface area contributed by atoms with Gasteiger partial charge in [0.15, 0.2) is 6.10 Å². The summed E-state index contributed by atoms with van der Waals surface area (Å²) in [6.07, 6.45) is -0.713. The van der Waals surface area contributed by atoms with Crippen molar-refractivity contribution in [3.8, 4) is 5.75 Å².